The van der Waals surface area contributed by atoms with E-state index in [0.717, 1.165) is 16.3 Å². The fourth-order valence-corrected chi connectivity index (χ4v) is 1.72. The summed E-state index contributed by atoms with van der Waals surface area (Å²) in [4.78, 5) is 4.79. The van der Waals surface area contributed by atoms with Gasteiger partial charge in [0.1, 0.15) is 5.15 Å². The number of halogens is 1. The smallest absolute Gasteiger partial charge is 0.145 e. The van der Waals surface area contributed by atoms with Gasteiger partial charge >= 0.3 is 0 Å². The summed E-state index contributed by atoms with van der Waals surface area (Å²) in [7, 11) is 0. The number of hydrogen-bond donors (Lipinski definition) is 1. The molecular weight excluding hydrogens is 170 g/mol. The van der Waals surface area contributed by atoms with Gasteiger partial charge in [-0.3, -0.25) is 0 Å². The summed E-state index contributed by atoms with van der Waals surface area (Å²) in [6.45, 7) is 2.01. The van der Waals surface area contributed by atoms with Crippen molar-refractivity contribution in [3.8, 4) is 0 Å². The van der Waals surface area contributed by atoms with E-state index in [1.54, 1.807) is 0 Å². The Balaban J connectivity index is 2.92. The number of hydrogen-bond acceptors (Lipinski definition) is 3. The third-order valence-electron chi connectivity index (χ3n) is 1.14. The van der Waals surface area contributed by atoms with Gasteiger partial charge in [-0.25, -0.2) is 4.98 Å². The van der Waals surface area contributed by atoms with Gasteiger partial charge in [-0.15, -0.1) is 11.3 Å². The number of aliphatic hydroxyl groups is 1. The molecule has 1 rings (SSSR count). The Kier molecular flexibility index (Phi) is 2.65. The van der Waals surface area contributed by atoms with Crippen molar-refractivity contribution in [1.82, 2.24) is 4.98 Å². The van der Waals surface area contributed by atoms with E-state index >= 15 is 0 Å². The molecule has 0 aliphatic rings. The minimum absolute atomic E-state index is 0.00347. The summed E-state index contributed by atoms with van der Waals surface area (Å²) in [5.74, 6) is 0. The lowest BCUT2D eigenvalue weighted by Gasteiger charge is -1.83. The molecule has 1 N–H and O–H groups in total. The first-order valence-electron chi connectivity index (χ1n) is 3.02. The maximum Gasteiger partial charge on any atom is 0.145 e. The van der Waals surface area contributed by atoms with Crippen LogP contribution in [0.3, 0.4) is 0 Å². The van der Waals surface area contributed by atoms with Gasteiger partial charge in [0.2, 0.25) is 0 Å². The molecule has 1 heterocycles. The zero-order valence-corrected chi connectivity index (χ0v) is 7.17. The fourth-order valence-electron chi connectivity index (χ4n) is 0.628. The van der Waals surface area contributed by atoms with Gasteiger partial charge in [-0.05, 0) is 6.42 Å². The highest BCUT2D eigenvalue weighted by Crippen LogP contribution is 2.22. The SMILES string of the molecule is CCc1nc(Cl)c(CO)s1. The second-order valence-electron chi connectivity index (χ2n) is 1.83. The van der Waals surface area contributed by atoms with Crippen LogP contribution in [0.5, 0.6) is 0 Å². The molecule has 1 aromatic heterocycles. The van der Waals surface area contributed by atoms with Crippen LogP contribution < -0.4 is 0 Å². The Morgan fingerprint density at radius 3 is 2.70 bits per heavy atom. The normalized spacial score (nSPS) is 10.3. The molecule has 0 aromatic carbocycles. The van der Waals surface area contributed by atoms with E-state index in [0.29, 0.717) is 5.15 Å². The number of rotatable bonds is 2. The molecule has 0 radical (unpaired) electrons. The van der Waals surface area contributed by atoms with Gasteiger partial charge in [0.05, 0.1) is 16.5 Å². The molecule has 10 heavy (non-hydrogen) atoms. The molecule has 0 saturated carbocycles. The Hall–Kier alpha value is -0.120. The van der Waals surface area contributed by atoms with Crippen LogP contribution in [0, 0.1) is 0 Å². The lowest BCUT2D eigenvalue weighted by Crippen LogP contribution is -1.75. The van der Waals surface area contributed by atoms with Crippen molar-refractivity contribution in [2.45, 2.75) is 20.0 Å². The molecule has 0 fully saturated rings. The number of aromatic nitrogens is 1. The van der Waals surface area contributed by atoms with E-state index in [1.807, 2.05) is 6.92 Å². The number of thiazole rings is 1. The van der Waals surface area contributed by atoms with E-state index in [2.05, 4.69) is 4.98 Å². The fraction of sp³-hybridized carbons (Fsp3) is 0.500. The molecule has 0 bridgehead atoms. The average Bonchev–Trinajstić information content (AvgIpc) is 2.30. The Bertz CT molecular complexity index is 224. The Labute approximate surface area is 68.5 Å². The van der Waals surface area contributed by atoms with Crippen LogP contribution in [-0.4, -0.2) is 10.1 Å². The maximum atomic E-state index is 8.71. The summed E-state index contributed by atoms with van der Waals surface area (Å²) >= 11 is 7.13. The van der Waals surface area contributed by atoms with Crippen molar-refractivity contribution in [3.05, 3.63) is 15.0 Å². The van der Waals surface area contributed by atoms with Crippen molar-refractivity contribution in [2.24, 2.45) is 0 Å². The average molecular weight is 178 g/mol. The highest BCUT2D eigenvalue weighted by Gasteiger charge is 2.05. The number of aliphatic hydroxyl groups excluding tert-OH is 1. The quantitative estimate of drug-likeness (QED) is 0.748. The third-order valence-corrected chi connectivity index (χ3v) is 2.75. The number of nitrogens with zero attached hydrogens (tertiary/aromatic N) is 1. The van der Waals surface area contributed by atoms with Gasteiger partial charge < -0.3 is 5.11 Å². The molecule has 56 valence electrons. The van der Waals surface area contributed by atoms with Crippen molar-refractivity contribution in [3.63, 3.8) is 0 Å². The molecule has 4 heteroatoms. The third kappa shape index (κ3) is 1.48. The zero-order chi connectivity index (χ0) is 7.56. The molecule has 0 saturated heterocycles. The first kappa shape index (κ1) is 7.98. The van der Waals surface area contributed by atoms with Crippen LogP contribution in [0.25, 0.3) is 0 Å². The summed E-state index contributed by atoms with van der Waals surface area (Å²) in [5.41, 5.74) is 0. The monoisotopic (exact) mass is 177 g/mol. The molecule has 0 aliphatic carbocycles. The second-order valence-corrected chi connectivity index (χ2v) is 3.36. The van der Waals surface area contributed by atoms with Gasteiger partial charge in [0.15, 0.2) is 0 Å². The van der Waals surface area contributed by atoms with E-state index in [1.165, 1.54) is 11.3 Å². The summed E-state index contributed by atoms with van der Waals surface area (Å²) < 4.78 is 0. The molecular formula is C6H8ClNOS. The van der Waals surface area contributed by atoms with E-state index in [-0.39, 0.29) is 6.61 Å². The van der Waals surface area contributed by atoms with Gasteiger partial charge in [0.25, 0.3) is 0 Å². The van der Waals surface area contributed by atoms with Crippen LogP contribution in [0.15, 0.2) is 0 Å². The van der Waals surface area contributed by atoms with Crippen molar-refractivity contribution in [1.29, 1.82) is 0 Å². The lowest BCUT2D eigenvalue weighted by molar-refractivity contribution is 0.285. The first-order chi connectivity index (χ1) is 4.77. The topological polar surface area (TPSA) is 33.1 Å². The predicted molar refractivity (Wildman–Crippen MR) is 42.4 cm³/mol. The second kappa shape index (κ2) is 3.32. The van der Waals surface area contributed by atoms with Gasteiger partial charge in [-0.2, -0.15) is 0 Å². The number of aryl methyl sites for hydroxylation is 1. The Morgan fingerprint density at radius 1 is 1.70 bits per heavy atom. The van der Waals surface area contributed by atoms with Crippen LogP contribution >= 0.6 is 22.9 Å². The minimum atomic E-state index is -0.00347. The minimum Gasteiger partial charge on any atom is -0.391 e. The molecule has 0 aliphatic heterocycles. The van der Waals surface area contributed by atoms with Crippen LogP contribution in [-0.2, 0) is 13.0 Å². The van der Waals surface area contributed by atoms with Crippen LogP contribution in [0.1, 0.15) is 16.8 Å². The molecule has 2 nitrogen and oxygen atoms in total. The summed E-state index contributed by atoms with van der Waals surface area (Å²) in [6, 6.07) is 0. The lowest BCUT2D eigenvalue weighted by atomic mass is 10.5. The van der Waals surface area contributed by atoms with Gasteiger partial charge in [0, 0.05) is 0 Å². The van der Waals surface area contributed by atoms with E-state index in [9.17, 15) is 0 Å². The van der Waals surface area contributed by atoms with Crippen molar-refractivity contribution < 1.29 is 5.11 Å². The predicted octanol–water partition coefficient (Wildman–Crippen LogP) is 1.85. The van der Waals surface area contributed by atoms with E-state index in [4.69, 9.17) is 16.7 Å². The molecule has 0 atom stereocenters. The van der Waals surface area contributed by atoms with Crippen molar-refractivity contribution >= 4 is 22.9 Å². The molecule has 0 spiro atoms. The molecule has 1 aromatic rings. The highest BCUT2D eigenvalue weighted by molar-refractivity contribution is 7.12. The van der Waals surface area contributed by atoms with Crippen molar-refractivity contribution in [2.75, 3.05) is 0 Å². The summed E-state index contributed by atoms with van der Waals surface area (Å²) in [6.07, 6.45) is 0.879. The van der Waals surface area contributed by atoms with Crippen LogP contribution in [0.4, 0.5) is 0 Å². The van der Waals surface area contributed by atoms with E-state index < -0.39 is 0 Å². The largest absolute Gasteiger partial charge is 0.391 e. The van der Waals surface area contributed by atoms with Crippen LogP contribution in [0.2, 0.25) is 5.15 Å². The molecule has 0 amide bonds. The maximum absolute atomic E-state index is 8.71. The zero-order valence-electron chi connectivity index (χ0n) is 5.59. The van der Waals surface area contributed by atoms with Gasteiger partial charge in [-0.1, -0.05) is 18.5 Å². The first-order valence-corrected chi connectivity index (χ1v) is 4.22. The molecule has 0 unspecified atom stereocenters. The highest BCUT2D eigenvalue weighted by atomic mass is 35.5. The standard InChI is InChI=1S/C6H8ClNOS/c1-2-5-8-6(7)4(3-9)10-5/h9H,2-3H2,1H3. The summed E-state index contributed by atoms with van der Waals surface area (Å²) in [5, 5.41) is 10.1. The Morgan fingerprint density at radius 2 is 2.40 bits per heavy atom.